The normalized spacial score (nSPS) is 11.9. The first-order chi connectivity index (χ1) is 17.9. The molecule has 0 aliphatic carbocycles. The molecule has 0 N–H and O–H groups in total. The van der Waals surface area contributed by atoms with Gasteiger partial charge < -0.3 is 34.0 Å². The van der Waals surface area contributed by atoms with Crippen molar-refractivity contribution in [2.45, 2.75) is 92.9 Å². The molecule has 1 heterocycles. The molecule has 0 fully saturated rings. The van der Waals surface area contributed by atoms with E-state index in [2.05, 4.69) is 112 Å². The van der Waals surface area contributed by atoms with Crippen LogP contribution >= 0.6 is 0 Å². The molecule has 0 bridgehead atoms. The van der Waals surface area contributed by atoms with Crippen molar-refractivity contribution < 1.29 is 50.7 Å². The van der Waals surface area contributed by atoms with Crippen molar-refractivity contribution in [3.63, 3.8) is 0 Å². The van der Waals surface area contributed by atoms with E-state index < -0.39 is 0 Å². The van der Waals surface area contributed by atoms with Gasteiger partial charge in [-0.15, -0.1) is 0 Å². The molecule has 3 nitrogen and oxygen atoms in total. The average molecular weight is 727 g/mol. The minimum atomic E-state index is 0. The van der Waals surface area contributed by atoms with Crippen LogP contribution in [0.15, 0.2) is 65.1 Å². The Balaban J connectivity index is 0.00000533. The van der Waals surface area contributed by atoms with Crippen molar-refractivity contribution in [2.24, 2.45) is 9.98 Å². The second-order valence-electron chi connectivity index (χ2n) is 11.5. The molecule has 0 atom stereocenters. The van der Waals surface area contributed by atoms with Crippen LogP contribution in [0.1, 0.15) is 132 Å². The first-order valence-electron chi connectivity index (χ1n) is 14.0. The minimum absolute atomic E-state index is 0. The number of pyridine rings is 1. The molecule has 0 spiro atoms. The van der Waals surface area contributed by atoms with Crippen LogP contribution in [0.2, 0.25) is 0 Å². The fourth-order valence-corrected chi connectivity index (χ4v) is 4.76. The summed E-state index contributed by atoms with van der Waals surface area (Å²) in [6, 6.07) is 17.1. The summed E-state index contributed by atoms with van der Waals surface area (Å²) in [7, 11) is 0. The Morgan fingerprint density at radius 2 is 0.976 bits per heavy atom. The van der Waals surface area contributed by atoms with Gasteiger partial charge in [0.2, 0.25) is 0 Å². The summed E-state index contributed by atoms with van der Waals surface area (Å²) in [5.74, 6) is 1.49. The zero-order valence-corrected chi connectivity index (χ0v) is 30.4. The molecule has 41 heavy (non-hydrogen) atoms. The molecule has 223 valence electrons. The second-order valence-corrected chi connectivity index (χ2v) is 11.5. The van der Waals surface area contributed by atoms with E-state index in [4.69, 9.17) is 15.0 Å². The number of rotatable bonds is 9. The maximum absolute atomic E-state index is 5.19. The molecule has 1 radical (unpaired) electrons. The molecule has 3 aromatic rings. The summed E-state index contributed by atoms with van der Waals surface area (Å²) >= 11 is 0. The number of para-hydroxylation sites is 1. The Morgan fingerprint density at radius 3 is 1.32 bits per heavy atom. The summed E-state index contributed by atoms with van der Waals surface area (Å²) in [6.07, 6.45) is 1.92. The van der Waals surface area contributed by atoms with E-state index >= 15 is 0 Å². The molecule has 3 rings (SSSR count). The van der Waals surface area contributed by atoms with Crippen molar-refractivity contribution in [1.29, 1.82) is 0 Å². The van der Waals surface area contributed by atoms with Gasteiger partial charge in [-0.1, -0.05) is 92.3 Å². The Kier molecular flexibility index (Phi) is 16.5. The van der Waals surface area contributed by atoms with E-state index in [1.165, 1.54) is 22.3 Å². The minimum Gasteiger partial charge on any atom is -1.00 e. The third-order valence-corrected chi connectivity index (χ3v) is 7.06. The predicted molar refractivity (Wildman–Crippen MR) is 167 cm³/mol. The van der Waals surface area contributed by atoms with E-state index in [-0.39, 0.29) is 50.7 Å². The van der Waals surface area contributed by atoms with Gasteiger partial charge >= 0.3 is 16.8 Å². The first-order valence-corrected chi connectivity index (χ1v) is 14.0. The van der Waals surface area contributed by atoms with E-state index in [0.717, 1.165) is 39.7 Å². The Hall–Kier alpha value is -1.86. The molecular formula is C35H45Br2CoN3. The fourth-order valence-electron chi connectivity index (χ4n) is 4.76. The Labute approximate surface area is 280 Å². The molecule has 6 heteroatoms. The molecule has 0 amide bonds. The number of hydrogen-bond acceptors (Lipinski definition) is 3. The van der Waals surface area contributed by atoms with Gasteiger partial charge in [-0.2, -0.15) is 0 Å². The third-order valence-electron chi connectivity index (χ3n) is 7.06. The molecule has 0 aliphatic rings. The number of nitrogens with zero attached hydrogens (tertiary/aromatic N) is 3. The summed E-state index contributed by atoms with van der Waals surface area (Å²) in [6.45, 7) is 25.9. The van der Waals surface area contributed by atoms with Crippen LogP contribution in [0.4, 0.5) is 11.4 Å². The molecule has 0 saturated heterocycles. The van der Waals surface area contributed by atoms with E-state index in [1.807, 2.05) is 18.2 Å². The van der Waals surface area contributed by atoms with E-state index in [1.54, 1.807) is 0 Å². The predicted octanol–water partition coefficient (Wildman–Crippen LogP) is 4.51. The van der Waals surface area contributed by atoms with Crippen molar-refractivity contribution in [3.05, 3.63) is 94.3 Å². The topological polar surface area (TPSA) is 37.6 Å². The maximum atomic E-state index is 5.19. The Morgan fingerprint density at radius 1 is 0.634 bits per heavy atom. The summed E-state index contributed by atoms with van der Waals surface area (Å²) in [5.41, 5.74) is 11.9. The quantitative estimate of drug-likeness (QED) is 0.300. The van der Waals surface area contributed by atoms with Gasteiger partial charge in [-0.3, -0.25) is 9.98 Å². The van der Waals surface area contributed by atoms with Crippen molar-refractivity contribution in [1.82, 2.24) is 4.98 Å². The monoisotopic (exact) mass is 724 g/mol. The second kappa shape index (κ2) is 17.3. The van der Waals surface area contributed by atoms with Gasteiger partial charge in [0.05, 0.1) is 34.2 Å². The van der Waals surface area contributed by atoms with Crippen LogP contribution in [0.5, 0.6) is 0 Å². The van der Waals surface area contributed by atoms with Crippen LogP contribution in [0, 0.1) is 0 Å². The van der Waals surface area contributed by atoms with Gasteiger partial charge in [-0.25, -0.2) is 4.98 Å². The van der Waals surface area contributed by atoms with E-state index in [0.29, 0.717) is 23.7 Å². The maximum Gasteiger partial charge on any atom is 2.00 e. The SMILES string of the molecule is C=Cc1cc(C(C)C)c(N=C(C)c2cccc(C(C)=Nc3c(C(C)C)cccc3C(C)C)n2)c(C(C)C)c1.[Br-].[Br-].[Co+2]. The van der Waals surface area contributed by atoms with Crippen LogP contribution < -0.4 is 34.0 Å². The van der Waals surface area contributed by atoms with E-state index in [9.17, 15) is 0 Å². The number of halogens is 2. The smallest absolute Gasteiger partial charge is 1.00 e. The number of aromatic nitrogens is 1. The van der Waals surface area contributed by atoms with Crippen LogP contribution in [0.25, 0.3) is 6.08 Å². The third kappa shape index (κ3) is 9.57. The van der Waals surface area contributed by atoms with Gasteiger partial charge in [0, 0.05) is 0 Å². The number of hydrogen-bond donors (Lipinski definition) is 0. The van der Waals surface area contributed by atoms with Crippen LogP contribution in [-0.2, 0) is 16.8 Å². The van der Waals surface area contributed by atoms with Crippen molar-refractivity contribution in [2.75, 3.05) is 0 Å². The molecule has 0 unspecified atom stereocenters. The standard InChI is InChI=1S/C35H45N3.2BrH.Co/c1-12-27-19-30(23(6)7)35(31(20-27)24(8)9)37-26(11)33-18-14-17-32(38-33)25(10)36-34-28(21(2)3)15-13-16-29(34)22(4)5;;;/h12-24H,1H2,2-11H3;2*1H;/q;;;+2/p-2. The van der Waals surface area contributed by atoms with Crippen LogP contribution in [0.3, 0.4) is 0 Å². The summed E-state index contributed by atoms with van der Waals surface area (Å²) in [4.78, 5) is 15.4. The zero-order chi connectivity index (χ0) is 28.1. The van der Waals surface area contributed by atoms with Gasteiger partial charge in [0.1, 0.15) is 0 Å². The largest absolute Gasteiger partial charge is 2.00 e. The van der Waals surface area contributed by atoms with Crippen molar-refractivity contribution in [3.8, 4) is 0 Å². The number of aliphatic imine (C=N–C) groups is 2. The Bertz CT molecular complexity index is 1320. The molecule has 0 aliphatic heterocycles. The molecular weight excluding hydrogens is 681 g/mol. The summed E-state index contributed by atoms with van der Waals surface area (Å²) < 4.78 is 0. The average Bonchev–Trinajstić information content (AvgIpc) is 2.88. The van der Waals surface area contributed by atoms with Gasteiger partial charge in [0.25, 0.3) is 0 Å². The van der Waals surface area contributed by atoms with Gasteiger partial charge in [0.15, 0.2) is 0 Å². The zero-order valence-electron chi connectivity index (χ0n) is 26.1. The molecule has 1 aromatic heterocycles. The first kappa shape index (κ1) is 39.1. The molecule has 0 saturated carbocycles. The van der Waals surface area contributed by atoms with Gasteiger partial charge in [-0.05, 0) is 89.6 Å². The molecule has 2 aromatic carbocycles. The van der Waals surface area contributed by atoms with Crippen LogP contribution in [-0.4, -0.2) is 16.4 Å². The van der Waals surface area contributed by atoms with Crippen molar-refractivity contribution >= 4 is 28.9 Å². The fraction of sp³-hybridized carbons (Fsp3) is 0.400. The number of benzene rings is 2. The summed E-state index contributed by atoms with van der Waals surface area (Å²) in [5, 5.41) is 0.